The number of rotatable bonds is 3. The van der Waals surface area contributed by atoms with E-state index in [0.717, 1.165) is 11.3 Å². The van der Waals surface area contributed by atoms with Crippen LogP contribution in [0.3, 0.4) is 0 Å². The molecule has 2 aromatic rings. The Labute approximate surface area is 124 Å². The molecule has 102 valence electrons. The van der Waals surface area contributed by atoms with E-state index < -0.39 is 10.0 Å². The van der Waals surface area contributed by atoms with Gasteiger partial charge in [0.25, 0.3) is 10.0 Å². The lowest BCUT2D eigenvalue weighted by Gasteiger charge is -2.09. The molecule has 5 nitrogen and oxygen atoms in total. The molecule has 9 heteroatoms. The van der Waals surface area contributed by atoms with Crippen LogP contribution >= 0.6 is 34.5 Å². The molecular weight excluding hydrogens is 329 g/mol. The Hall–Kier alpha value is -1.02. The third-order valence-corrected chi connectivity index (χ3v) is 5.34. The molecule has 2 rings (SSSR count). The largest absolute Gasteiger partial charge is 0.397 e. The van der Waals surface area contributed by atoms with Gasteiger partial charge >= 0.3 is 0 Å². The van der Waals surface area contributed by atoms with Crippen LogP contribution in [0, 0.1) is 6.92 Å². The summed E-state index contributed by atoms with van der Waals surface area (Å²) in [6.07, 6.45) is 1.37. The van der Waals surface area contributed by atoms with Gasteiger partial charge in [-0.3, -0.25) is 4.72 Å². The molecular formula is C10H9Cl2N3O2S2. The van der Waals surface area contributed by atoms with E-state index in [9.17, 15) is 8.42 Å². The number of nitrogen functional groups attached to an aromatic ring is 1. The number of nitrogens with zero attached hydrogens (tertiary/aromatic N) is 1. The normalized spacial score (nSPS) is 11.5. The topological polar surface area (TPSA) is 85.1 Å². The van der Waals surface area contributed by atoms with Crippen molar-refractivity contribution in [3.63, 3.8) is 0 Å². The quantitative estimate of drug-likeness (QED) is 0.900. The number of aromatic nitrogens is 1. The van der Waals surface area contributed by atoms with Crippen molar-refractivity contribution in [1.29, 1.82) is 0 Å². The third kappa shape index (κ3) is 3.11. The molecule has 19 heavy (non-hydrogen) atoms. The second-order valence-corrected chi connectivity index (χ2v) is 7.66. The Morgan fingerprint density at radius 1 is 1.37 bits per heavy atom. The zero-order chi connectivity index (χ0) is 14.2. The summed E-state index contributed by atoms with van der Waals surface area (Å²) in [5.74, 6) is 0.201. The van der Waals surface area contributed by atoms with Gasteiger partial charge in [-0.05, 0) is 24.6 Å². The lowest BCUT2D eigenvalue weighted by molar-refractivity contribution is 0.601. The van der Waals surface area contributed by atoms with Crippen molar-refractivity contribution in [3.05, 3.63) is 32.6 Å². The first-order valence-corrected chi connectivity index (χ1v) is 8.05. The molecule has 0 unspecified atom stereocenters. The van der Waals surface area contributed by atoms with Crippen LogP contribution < -0.4 is 10.5 Å². The number of nitrogens with two attached hydrogens (primary N) is 1. The van der Waals surface area contributed by atoms with Gasteiger partial charge in [-0.1, -0.05) is 23.2 Å². The molecule has 0 atom stereocenters. The highest BCUT2D eigenvalue weighted by atomic mass is 35.5. The first-order chi connectivity index (χ1) is 8.79. The SMILES string of the molecule is Cc1cc(N)cnc1NS(=O)(=O)c1cc(Cl)sc1Cl. The smallest absolute Gasteiger partial charge is 0.265 e. The van der Waals surface area contributed by atoms with Crippen LogP contribution in [0.4, 0.5) is 11.5 Å². The first kappa shape index (κ1) is 14.4. The Morgan fingerprint density at radius 3 is 2.58 bits per heavy atom. The molecule has 0 saturated heterocycles. The maximum atomic E-state index is 12.2. The third-order valence-electron chi connectivity index (χ3n) is 2.25. The fourth-order valence-electron chi connectivity index (χ4n) is 1.39. The average molecular weight is 338 g/mol. The zero-order valence-corrected chi connectivity index (χ0v) is 12.8. The van der Waals surface area contributed by atoms with Gasteiger partial charge in [0.2, 0.25) is 0 Å². The minimum atomic E-state index is -3.82. The predicted molar refractivity (Wildman–Crippen MR) is 78.5 cm³/mol. The molecule has 0 radical (unpaired) electrons. The molecule has 0 spiro atoms. The van der Waals surface area contributed by atoms with Gasteiger partial charge in [0.05, 0.1) is 16.2 Å². The second kappa shape index (κ2) is 5.16. The van der Waals surface area contributed by atoms with Gasteiger partial charge in [-0.25, -0.2) is 13.4 Å². The van der Waals surface area contributed by atoms with Crippen molar-refractivity contribution in [2.75, 3.05) is 10.5 Å². The predicted octanol–water partition coefficient (Wildman–Crippen LogP) is 3.14. The number of anilines is 2. The van der Waals surface area contributed by atoms with E-state index in [4.69, 9.17) is 28.9 Å². The van der Waals surface area contributed by atoms with Crippen LogP contribution in [-0.2, 0) is 10.0 Å². The molecule has 0 fully saturated rings. The Bertz CT molecular complexity index is 728. The number of thiophene rings is 1. The van der Waals surface area contributed by atoms with Crippen LogP contribution in [-0.4, -0.2) is 13.4 Å². The molecule has 0 aliphatic heterocycles. The first-order valence-electron chi connectivity index (χ1n) is 4.99. The molecule has 3 N–H and O–H groups in total. The average Bonchev–Trinajstić information content (AvgIpc) is 2.63. The summed E-state index contributed by atoms with van der Waals surface area (Å²) >= 11 is 12.6. The highest BCUT2D eigenvalue weighted by Crippen LogP contribution is 2.35. The number of sulfonamides is 1. The number of hydrogen-bond acceptors (Lipinski definition) is 5. The number of aryl methyl sites for hydroxylation is 1. The summed E-state index contributed by atoms with van der Waals surface area (Å²) in [6.45, 7) is 1.70. The summed E-state index contributed by atoms with van der Waals surface area (Å²) in [6, 6.07) is 2.91. The van der Waals surface area contributed by atoms with Crippen molar-refractivity contribution < 1.29 is 8.42 Å². The van der Waals surface area contributed by atoms with E-state index >= 15 is 0 Å². The van der Waals surface area contributed by atoms with Crippen LogP contribution in [0.15, 0.2) is 23.2 Å². The van der Waals surface area contributed by atoms with Crippen molar-refractivity contribution in [3.8, 4) is 0 Å². The molecule has 0 aliphatic carbocycles. The minimum Gasteiger partial charge on any atom is -0.397 e. The summed E-state index contributed by atoms with van der Waals surface area (Å²) in [7, 11) is -3.82. The van der Waals surface area contributed by atoms with Gasteiger partial charge in [0.1, 0.15) is 15.0 Å². The standard InChI is InChI=1S/C10H9Cl2N3O2S2/c1-5-2-6(13)4-14-10(5)15-19(16,17)7-3-8(11)18-9(7)12/h2-4H,13H2,1H3,(H,14,15). The number of nitrogens with one attached hydrogen (secondary N) is 1. The maximum absolute atomic E-state index is 12.2. The lowest BCUT2D eigenvalue weighted by Crippen LogP contribution is -2.14. The van der Waals surface area contributed by atoms with Crippen LogP contribution in [0.2, 0.25) is 8.67 Å². The minimum absolute atomic E-state index is 0.0674. The van der Waals surface area contributed by atoms with Gasteiger partial charge in [-0.2, -0.15) is 0 Å². The summed E-state index contributed by atoms with van der Waals surface area (Å²) in [4.78, 5) is 3.87. The second-order valence-electron chi connectivity index (χ2n) is 3.73. The van der Waals surface area contributed by atoms with Crippen LogP contribution in [0.25, 0.3) is 0 Å². The molecule has 0 aliphatic rings. The maximum Gasteiger partial charge on any atom is 0.265 e. The number of halogens is 2. The van der Waals surface area contributed by atoms with E-state index in [2.05, 4.69) is 9.71 Å². The highest BCUT2D eigenvalue weighted by Gasteiger charge is 2.22. The Kier molecular flexibility index (Phi) is 3.91. The van der Waals surface area contributed by atoms with E-state index in [1.165, 1.54) is 12.3 Å². The molecule has 0 aromatic carbocycles. The van der Waals surface area contributed by atoms with Gasteiger partial charge in [-0.15, -0.1) is 11.3 Å². The van der Waals surface area contributed by atoms with Crippen LogP contribution in [0.1, 0.15) is 5.56 Å². The fourth-order valence-corrected chi connectivity index (χ4v) is 4.63. The summed E-state index contributed by atoms with van der Waals surface area (Å²) in [5.41, 5.74) is 6.62. The molecule has 2 aromatic heterocycles. The highest BCUT2D eigenvalue weighted by molar-refractivity contribution is 7.93. The molecule has 0 saturated carbocycles. The molecule has 2 heterocycles. The van der Waals surface area contributed by atoms with Crippen molar-refractivity contribution >= 4 is 56.1 Å². The molecule has 0 amide bonds. The van der Waals surface area contributed by atoms with E-state index in [-0.39, 0.29) is 15.0 Å². The Morgan fingerprint density at radius 2 is 2.05 bits per heavy atom. The zero-order valence-electron chi connectivity index (χ0n) is 9.65. The Balaban J connectivity index is 2.39. The van der Waals surface area contributed by atoms with Gasteiger partial charge in [0, 0.05) is 0 Å². The van der Waals surface area contributed by atoms with Crippen molar-refractivity contribution in [2.45, 2.75) is 11.8 Å². The monoisotopic (exact) mass is 337 g/mol. The molecule has 0 bridgehead atoms. The van der Waals surface area contributed by atoms with Crippen LogP contribution in [0.5, 0.6) is 0 Å². The van der Waals surface area contributed by atoms with Gasteiger partial charge in [0.15, 0.2) is 0 Å². The van der Waals surface area contributed by atoms with E-state index in [1.807, 2.05) is 0 Å². The van der Waals surface area contributed by atoms with Gasteiger partial charge < -0.3 is 5.73 Å². The lowest BCUT2D eigenvalue weighted by atomic mass is 10.3. The fraction of sp³-hybridized carbons (Fsp3) is 0.100. The number of pyridine rings is 1. The summed E-state index contributed by atoms with van der Waals surface area (Å²) in [5, 5.41) is 0. The number of hydrogen-bond donors (Lipinski definition) is 2. The summed E-state index contributed by atoms with van der Waals surface area (Å²) < 4.78 is 27.1. The van der Waals surface area contributed by atoms with Crippen molar-refractivity contribution in [1.82, 2.24) is 4.98 Å². The van der Waals surface area contributed by atoms with E-state index in [0.29, 0.717) is 15.6 Å². The van der Waals surface area contributed by atoms with Crippen molar-refractivity contribution in [2.24, 2.45) is 0 Å². The van der Waals surface area contributed by atoms with E-state index in [1.54, 1.807) is 13.0 Å².